The van der Waals surface area contributed by atoms with Crippen molar-refractivity contribution in [1.82, 2.24) is 30.4 Å². The number of hydrazine groups is 1. The van der Waals surface area contributed by atoms with Gasteiger partial charge in [0.1, 0.15) is 17.7 Å². The summed E-state index contributed by atoms with van der Waals surface area (Å²) in [6, 6.07) is 4.03. The summed E-state index contributed by atoms with van der Waals surface area (Å²) in [4.78, 5) is 18.2. The number of nitrogens with zero attached hydrogens (tertiary/aromatic N) is 3. The lowest BCUT2D eigenvalue weighted by molar-refractivity contribution is -0.119. The summed E-state index contributed by atoms with van der Waals surface area (Å²) in [5.74, 6) is 1.87. The highest BCUT2D eigenvalue weighted by Crippen LogP contribution is 2.34. The van der Waals surface area contributed by atoms with E-state index in [1.165, 1.54) is 21.9 Å². The first-order valence-corrected chi connectivity index (χ1v) is 14.0. The van der Waals surface area contributed by atoms with Gasteiger partial charge in [-0.25, -0.2) is 13.4 Å². The minimum absolute atomic E-state index is 0.0695. The van der Waals surface area contributed by atoms with Gasteiger partial charge in [0, 0.05) is 50.6 Å². The van der Waals surface area contributed by atoms with Crippen LogP contribution in [-0.4, -0.2) is 73.6 Å². The Hall–Kier alpha value is -2.83. The molecule has 5 rings (SSSR count). The number of aromatic nitrogens is 1. The summed E-state index contributed by atoms with van der Waals surface area (Å²) >= 11 is 1.54. The van der Waals surface area contributed by atoms with Crippen molar-refractivity contribution in [3.8, 4) is 5.75 Å². The number of thiazole rings is 1. The van der Waals surface area contributed by atoms with E-state index >= 15 is 0 Å². The van der Waals surface area contributed by atoms with Crippen molar-refractivity contribution in [2.24, 2.45) is 5.92 Å². The predicted octanol–water partition coefficient (Wildman–Crippen LogP) is 1.07. The molecule has 2 fully saturated rings. The maximum atomic E-state index is 11.7. The average Bonchev–Trinajstić information content (AvgIpc) is 3.48. The zero-order valence-corrected chi connectivity index (χ0v) is 20.7. The Balaban J connectivity index is 1.33. The Morgan fingerprint density at radius 3 is 2.62 bits per heavy atom. The topological polar surface area (TPSA) is 116 Å². The Kier molecular flexibility index (Phi) is 6.13. The van der Waals surface area contributed by atoms with Gasteiger partial charge in [-0.15, -0.1) is 11.3 Å². The van der Waals surface area contributed by atoms with Crippen LogP contribution >= 0.6 is 11.3 Å². The molecule has 3 aliphatic rings. The molecule has 0 aliphatic carbocycles. The van der Waals surface area contributed by atoms with Crippen LogP contribution in [0.15, 0.2) is 35.6 Å². The number of fused-ring (bicyclic) bond motifs is 1. The Labute approximate surface area is 202 Å². The van der Waals surface area contributed by atoms with Crippen molar-refractivity contribution < 1.29 is 17.9 Å². The fourth-order valence-corrected chi connectivity index (χ4v) is 5.98. The molecule has 1 amide bonds. The normalized spacial score (nSPS) is 22.5. The molecule has 0 spiro atoms. The molecule has 2 saturated heterocycles. The van der Waals surface area contributed by atoms with Gasteiger partial charge in [0.25, 0.3) is 0 Å². The third-order valence-electron chi connectivity index (χ3n) is 6.48. The highest BCUT2D eigenvalue weighted by Gasteiger charge is 2.29. The number of piperazine rings is 1. The van der Waals surface area contributed by atoms with Gasteiger partial charge in [0.05, 0.1) is 27.7 Å². The second-order valence-electron chi connectivity index (χ2n) is 8.80. The molecule has 4 heterocycles. The summed E-state index contributed by atoms with van der Waals surface area (Å²) in [7, 11) is -3.16. The van der Waals surface area contributed by atoms with Gasteiger partial charge in [0.2, 0.25) is 15.9 Å². The van der Waals surface area contributed by atoms with Gasteiger partial charge in [-0.3, -0.25) is 15.6 Å². The molecule has 3 aliphatic heterocycles. The lowest BCUT2D eigenvalue weighted by atomic mass is 10.0. The van der Waals surface area contributed by atoms with E-state index in [1.807, 2.05) is 36.7 Å². The molecule has 0 bridgehead atoms. The number of allylic oxidation sites excluding steroid dienone is 2. The smallest absolute Gasteiger partial charge is 0.220 e. The molecule has 2 atom stereocenters. The standard InChI is InChI=1S/C22H28N6O4S2/c1-14(16-11-21(29)23-12-16)32-19-10-15(9-18-22(19)33-13-24-18)17-3-4-20(26-25-17)27-5-7-28(8-6-27)34(2,30)31/h3-4,9-10,13-14,16,25-26H,5-8,11-12H2,1-2H3,(H,23,29)/t14-,16-/m1/s1. The number of hydrogen-bond donors (Lipinski definition) is 3. The quantitative estimate of drug-likeness (QED) is 0.535. The molecular weight excluding hydrogens is 476 g/mol. The summed E-state index contributed by atoms with van der Waals surface area (Å²) in [6.07, 6.45) is 5.61. The van der Waals surface area contributed by atoms with E-state index in [2.05, 4.69) is 26.1 Å². The lowest BCUT2D eigenvalue weighted by Crippen LogP contribution is -2.51. The molecule has 12 heteroatoms. The molecule has 0 saturated carbocycles. The van der Waals surface area contributed by atoms with Crippen LogP contribution in [-0.2, 0) is 14.8 Å². The van der Waals surface area contributed by atoms with Gasteiger partial charge in [-0.2, -0.15) is 4.31 Å². The van der Waals surface area contributed by atoms with Crippen LogP contribution < -0.4 is 20.9 Å². The largest absolute Gasteiger partial charge is 0.489 e. The van der Waals surface area contributed by atoms with Crippen molar-refractivity contribution in [3.63, 3.8) is 0 Å². The van der Waals surface area contributed by atoms with Crippen molar-refractivity contribution in [3.05, 3.63) is 41.2 Å². The van der Waals surface area contributed by atoms with E-state index in [1.54, 1.807) is 0 Å². The molecule has 34 heavy (non-hydrogen) atoms. The van der Waals surface area contributed by atoms with E-state index in [0.29, 0.717) is 39.1 Å². The minimum Gasteiger partial charge on any atom is -0.489 e. The van der Waals surface area contributed by atoms with Crippen molar-refractivity contribution >= 4 is 43.2 Å². The van der Waals surface area contributed by atoms with Crippen LogP contribution in [0.5, 0.6) is 5.75 Å². The molecular formula is C22H28N6O4S2. The average molecular weight is 505 g/mol. The van der Waals surface area contributed by atoms with Crippen LogP contribution in [0.4, 0.5) is 0 Å². The minimum atomic E-state index is -3.16. The number of rotatable bonds is 6. The van der Waals surface area contributed by atoms with E-state index in [-0.39, 0.29) is 17.9 Å². The highest BCUT2D eigenvalue weighted by molar-refractivity contribution is 7.88. The maximum Gasteiger partial charge on any atom is 0.220 e. The Morgan fingerprint density at radius 1 is 1.18 bits per heavy atom. The molecule has 1 aromatic carbocycles. The third kappa shape index (κ3) is 4.70. The Bertz CT molecular complexity index is 1260. The molecule has 0 unspecified atom stereocenters. The first kappa shape index (κ1) is 22.9. The first-order chi connectivity index (χ1) is 16.3. The van der Waals surface area contributed by atoms with Gasteiger partial charge in [-0.1, -0.05) is 0 Å². The van der Waals surface area contributed by atoms with Crippen LogP contribution in [0.1, 0.15) is 18.9 Å². The lowest BCUT2D eigenvalue weighted by Gasteiger charge is -2.37. The zero-order chi connectivity index (χ0) is 23.9. The highest BCUT2D eigenvalue weighted by atomic mass is 32.2. The van der Waals surface area contributed by atoms with Crippen molar-refractivity contribution in [1.29, 1.82) is 0 Å². The number of nitrogens with one attached hydrogen (secondary N) is 3. The number of sulfonamides is 1. The van der Waals surface area contributed by atoms with Crippen LogP contribution in [0, 0.1) is 5.92 Å². The molecule has 3 N–H and O–H groups in total. The summed E-state index contributed by atoms with van der Waals surface area (Å²) in [5.41, 5.74) is 11.0. The fraction of sp³-hybridized carbons (Fsp3) is 0.455. The zero-order valence-electron chi connectivity index (χ0n) is 19.1. The Morgan fingerprint density at radius 2 is 1.97 bits per heavy atom. The number of hydrogen-bond acceptors (Lipinski definition) is 9. The van der Waals surface area contributed by atoms with Gasteiger partial charge in [-0.05, 0) is 31.2 Å². The van der Waals surface area contributed by atoms with E-state index in [0.717, 1.165) is 33.0 Å². The van der Waals surface area contributed by atoms with Crippen molar-refractivity contribution in [2.45, 2.75) is 19.4 Å². The summed E-state index contributed by atoms with van der Waals surface area (Å²) in [6.45, 7) is 4.81. The van der Waals surface area contributed by atoms with E-state index in [9.17, 15) is 13.2 Å². The second-order valence-corrected chi connectivity index (χ2v) is 11.6. The van der Waals surface area contributed by atoms with Crippen LogP contribution in [0.2, 0.25) is 0 Å². The summed E-state index contributed by atoms with van der Waals surface area (Å²) in [5, 5.41) is 2.87. The fourth-order valence-electron chi connectivity index (χ4n) is 4.43. The van der Waals surface area contributed by atoms with Crippen LogP contribution in [0.3, 0.4) is 0 Å². The maximum absolute atomic E-state index is 11.7. The van der Waals surface area contributed by atoms with Gasteiger partial charge >= 0.3 is 0 Å². The first-order valence-electron chi connectivity index (χ1n) is 11.2. The number of amides is 1. The SMILES string of the molecule is C[C@@H](Oc1cc(C2=CC=C(N3CCN(S(C)(=O)=O)CC3)NN2)cc2ncsc12)[C@H]1CNC(=O)C1. The predicted molar refractivity (Wildman–Crippen MR) is 131 cm³/mol. The molecule has 2 aromatic rings. The van der Waals surface area contributed by atoms with E-state index < -0.39 is 10.0 Å². The monoisotopic (exact) mass is 504 g/mol. The number of carbonyl (C=O) groups is 1. The van der Waals surface area contributed by atoms with E-state index in [4.69, 9.17) is 4.74 Å². The van der Waals surface area contributed by atoms with Crippen LogP contribution in [0.25, 0.3) is 15.9 Å². The molecule has 1 aromatic heterocycles. The third-order valence-corrected chi connectivity index (χ3v) is 8.64. The molecule has 182 valence electrons. The number of benzene rings is 1. The number of ether oxygens (including phenoxy) is 1. The van der Waals surface area contributed by atoms with Gasteiger partial charge < -0.3 is 15.0 Å². The summed E-state index contributed by atoms with van der Waals surface area (Å²) < 4.78 is 32.3. The number of carbonyl (C=O) groups excluding carboxylic acids is 1. The second kappa shape index (κ2) is 9.08. The molecule has 10 nitrogen and oxygen atoms in total. The van der Waals surface area contributed by atoms with Crippen molar-refractivity contribution in [2.75, 3.05) is 39.0 Å². The molecule has 0 radical (unpaired) electrons. The van der Waals surface area contributed by atoms with Gasteiger partial charge in [0.15, 0.2) is 0 Å².